The van der Waals surface area contributed by atoms with Crippen LogP contribution < -0.4 is 17.2 Å². The monoisotopic (exact) mass is 331 g/mol. The Morgan fingerprint density at radius 1 is 1.25 bits per heavy atom. The number of benzene rings is 1. The van der Waals surface area contributed by atoms with Crippen molar-refractivity contribution in [1.82, 2.24) is 9.80 Å². The first-order valence-electron chi connectivity index (χ1n) is 8.40. The van der Waals surface area contributed by atoms with Gasteiger partial charge in [-0.3, -0.25) is 4.90 Å². The number of nitrogens with two attached hydrogens (primary N) is 3. The maximum absolute atomic E-state index is 9.97. The Labute approximate surface area is 144 Å². The SMILES string of the molecule is CCCC1CN(C(/C=C(\N)c2ccccc2O)=C(N)N)CCN1C. The summed E-state index contributed by atoms with van der Waals surface area (Å²) in [6, 6.07) is 7.44. The average molecular weight is 331 g/mol. The molecule has 1 fully saturated rings. The number of aromatic hydroxyl groups is 1. The molecule has 1 aliphatic rings. The molecule has 1 aliphatic heterocycles. The smallest absolute Gasteiger partial charge is 0.124 e. The van der Waals surface area contributed by atoms with Gasteiger partial charge in [-0.2, -0.15) is 0 Å². The number of likely N-dealkylation sites (N-methyl/N-ethyl adjacent to an activating group) is 1. The summed E-state index contributed by atoms with van der Waals surface area (Å²) in [6.07, 6.45) is 4.03. The van der Waals surface area contributed by atoms with Gasteiger partial charge in [0.15, 0.2) is 0 Å². The second kappa shape index (κ2) is 7.97. The van der Waals surface area contributed by atoms with Crippen molar-refractivity contribution < 1.29 is 5.11 Å². The van der Waals surface area contributed by atoms with Gasteiger partial charge >= 0.3 is 0 Å². The maximum atomic E-state index is 9.97. The van der Waals surface area contributed by atoms with Crippen molar-refractivity contribution in [3.63, 3.8) is 0 Å². The van der Waals surface area contributed by atoms with Gasteiger partial charge in [-0.05, 0) is 31.7 Å². The maximum Gasteiger partial charge on any atom is 0.124 e. The van der Waals surface area contributed by atoms with E-state index in [4.69, 9.17) is 17.2 Å². The van der Waals surface area contributed by atoms with Crippen LogP contribution >= 0.6 is 0 Å². The Morgan fingerprint density at radius 2 is 1.96 bits per heavy atom. The van der Waals surface area contributed by atoms with Gasteiger partial charge in [-0.15, -0.1) is 0 Å². The predicted molar refractivity (Wildman–Crippen MR) is 98.6 cm³/mol. The molecule has 1 atom stereocenters. The number of nitrogens with zero attached hydrogens (tertiary/aromatic N) is 2. The van der Waals surface area contributed by atoms with E-state index in [2.05, 4.69) is 23.8 Å². The third-order valence-electron chi connectivity index (χ3n) is 4.54. The van der Waals surface area contributed by atoms with Crippen molar-refractivity contribution in [2.75, 3.05) is 26.7 Å². The summed E-state index contributed by atoms with van der Waals surface area (Å²) in [5.41, 5.74) is 19.8. The van der Waals surface area contributed by atoms with Gasteiger partial charge in [-0.25, -0.2) is 0 Å². The Morgan fingerprint density at radius 3 is 2.58 bits per heavy atom. The fraction of sp³-hybridized carbons (Fsp3) is 0.444. The van der Waals surface area contributed by atoms with Gasteiger partial charge in [0.25, 0.3) is 0 Å². The van der Waals surface area contributed by atoms with E-state index in [1.807, 2.05) is 6.07 Å². The molecule has 7 N–H and O–H groups in total. The van der Waals surface area contributed by atoms with Crippen molar-refractivity contribution in [1.29, 1.82) is 0 Å². The van der Waals surface area contributed by atoms with Gasteiger partial charge < -0.3 is 27.2 Å². The molecular weight excluding hydrogens is 302 g/mol. The molecule has 0 bridgehead atoms. The van der Waals surface area contributed by atoms with Crippen molar-refractivity contribution in [3.05, 3.63) is 47.4 Å². The molecule has 1 saturated heterocycles. The minimum atomic E-state index is 0.142. The second-order valence-corrected chi connectivity index (χ2v) is 6.33. The van der Waals surface area contributed by atoms with Crippen LogP contribution in [0.25, 0.3) is 5.70 Å². The van der Waals surface area contributed by atoms with Crippen molar-refractivity contribution in [3.8, 4) is 5.75 Å². The van der Waals surface area contributed by atoms with Gasteiger partial charge in [0.1, 0.15) is 11.6 Å². The molecule has 2 rings (SSSR count). The number of piperazine rings is 1. The zero-order valence-electron chi connectivity index (χ0n) is 14.6. The summed E-state index contributed by atoms with van der Waals surface area (Å²) in [4.78, 5) is 4.56. The van der Waals surface area contributed by atoms with E-state index in [-0.39, 0.29) is 11.6 Å². The lowest BCUT2D eigenvalue weighted by atomic mass is 10.1. The third-order valence-corrected chi connectivity index (χ3v) is 4.54. The van der Waals surface area contributed by atoms with E-state index in [0.29, 0.717) is 17.3 Å². The van der Waals surface area contributed by atoms with Gasteiger partial charge in [0, 0.05) is 36.9 Å². The Balaban J connectivity index is 2.26. The fourth-order valence-electron chi connectivity index (χ4n) is 3.11. The van der Waals surface area contributed by atoms with E-state index in [1.54, 1.807) is 24.3 Å². The molecule has 1 aromatic carbocycles. The molecule has 0 amide bonds. The van der Waals surface area contributed by atoms with Gasteiger partial charge in [0.05, 0.1) is 5.70 Å². The Kier molecular flexibility index (Phi) is 5.98. The lowest BCUT2D eigenvalue weighted by Crippen LogP contribution is -2.51. The number of phenols is 1. The highest BCUT2D eigenvalue weighted by molar-refractivity contribution is 5.69. The van der Waals surface area contributed by atoms with Crippen molar-refractivity contribution in [2.45, 2.75) is 25.8 Å². The lowest BCUT2D eigenvalue weighted by Gasteiger charge is -2.41. The third kappa shape index (κ3) is 4.14. The van der Waals surface area contributed by atoms with Gasteiger partial charge in [0.2, 0.25) is 0 Å². The molecule has 6 nitrogen and oxygen atoms in total. The summed E-state index contributed by atoms with van der Waals surface area (Å²) in [7, 11) is 2.15. The molecule has 1 aromatic rings. The van der Waals surface area contributed by atoms with Crippen LogP contribution in [0.15, 0.2) is 41.9 Å². The Hall–Kier alpha value is -2.34. The molecule has 1 unspecified atom stereocenters. The van der Waals surface area contributed by atoms with Crippen LogP contribution in [0.4, 0.5) is 0 Å². The quantitative estimate of drug-likeness (QED) is 0.604. The van der Waals surface area contributed by atoms with E-state index in [1.165, 1.54) is 0 Å². The van der Waals surface area contributed by atoms with E-state index >= 15 is 0 Å². The standard InChI is InChI=1S/C18H29N5O/c1-3-6-13-12-23(10-9-22(13)2)16(18(20)21)11-15(19)14-7-4-5-8-17(14)24/h4-5,7-8,11,13,24H,3,6,9-10,12,19-21H2,1-2H3/b15-11-. The zero-order chi connectivity index (χ0) is 17.7. The Bertz CT molecular complexity index is 622. The van der Waals surface area contributed by atoms with Crippen LogP contribution in [0, 0.1) is 0 Å². The minimum Gasteiger partial charge on any atom is -0.507 e. The largest absolute Gasteiger partial charge is 0.507 e. The average Bonchev–Trinajstić information content (AvgIpc) is 2.55. The minimum absolute atomic E-state index is 0.142. The number of phenolic OH excluding ortho intramolecular Hbond substituents is 1. The van der Waals surface area contributed by atoms with E-state index in [9.17, 15) is 5.11 Å². The van der Waals surface area contributed by atoms with Crippen LogP contribution in [0.1, 0.15) is 25.3 Å². The number of hydrogen-bond acceptors (Lipinski definition) is 6. The highest BCUT2D eigenvalue weighted by Crippen LogP contribution is 2.24. The molecule has 0 aromatic heterocycles. The zero-order valence-corrected chi connectivity index (χ0v) is 14.6. The summed E-state index contributed by atoms with van der Waals surface area (Å²) in [6.45, 7) is 4.85. The summed E-state index contributed by atoms with van der Waals surface area (Å²) in [5.74, 6) is 0.386. The van der Waals surface area contributed by atoms with Crippen molar-refractivity contribution >= 4 is 5.70 Å². The molecule has 132 valence electrons. The molecule has 1 heterocycles. The van der Waals surface area contributed by atoms with E-state index in [0.717, 1.165) is 38.2 Å². The summed E-state index contributed by atoms with van der Waals surface area (Å²) in [5, 5.41) is 9.97. The molecule has 0 spiro atoms. The highest BCUT2D eigenvalue weighted by atomic mass is 16.3. The lowest BCUT2D eigenvalue weighted by molar-refractivity contribution is 0.114. The van der Waals surface area contributed by atoms with Crippen LogP contribution in [0.3, 0.4) is 0 Å². The molecule has 0 aliphatic carbocycles. The summed E-state index contributed by atoms with van der Waals surface area (Å²) >= 11 is 0. The summed E-state index contributed by atoms with van der Waals surface area (Å²) < 4.78 is 0. The molecule has 0 saturated carbocycles. The molecule has 0 radical (unpaired) electrons. The fourth-order valence-corrected chi connectivity index (χ4v) is 3.11. The highest BCUT2D eigenvalue weighted by Gasteiger charge is 2.25. The van der Waals surface area contributed by atoms with Crippen LogP contribution in [-0.2, 0) is 0 Å². The molecule has 24 heavy (non-hydrogen) atoms. The van der Waals surface area contributed by atoms with Gasteiger partial charge in [-0.1, -0.05) is 25.5 Å². The molecular formula is C18H29N5O. The topological polar surface area (TPSA) is 105 Å². The van der Waals surface area contributed by atoms with Crippen LogP contribution in [-0.4, -0.2) is 47.6 Å². The second-order valence-electron chi connectivity index (χ2n) is 6.33. The first-order chi connectivity index (χ1) is 11.4. The normalized spacial score (nSPS) is 19.3. The van der Waals surface area contributed by atoms with Crippen LogP contribution in [0.2, 0.25) is 0 Å². The number of para-hydroxylation sites is 1. The first-order valence-corrected chi connectivity index (χ1v) is 8.40. The van der Waals surface area contributed by atoms with Crippen molar-refractivity contribution in [2.24, 2.45) is 17.2 Å². The van der Waals surface area contributed by atoms with E-state index < -0.39 is 0 Å². The number of rotatable bonds is 5. The first kappa shape index (κ1) is 18.0. The number of allylic oxidation sites excluding steroid dienone is 1. The number of hydrogen-bond donors (Lipinski definition) is 4. The predicted octanol–water partition coefficient (Wildman–Crippen LogP) is 1.19. The molecule has 6 heteroatoms. The van der Waals surface area contributed by atoms with Crippen LogP contribution in [0.5, 0.6) is 5.75 Å².